The molecule has 1 heterocycles. The van der Waals surface area contributed by atoms with Crippen molar-refractivity contribution in [3.63, 3.8) is 0 Å². The van der Waals surface area contributed by atoms with E-state index in [2.05, 4.69) is 10.6 Å². The van der Waals surface area contributed by atoms with Crippen LogP contribution in [0.5, 0.6) is 0 Å². The number of benzene rings is 1. The third kappa shape index (κ3) is 8.41. The number of amides is 3. The standard InChI is InChI=1S/C27H38N4O8/c28-14-6-10-19(30-27(38)39-16-17-7-2-1-3-8-17)24(33)29-20(25(34)35)12-13-23(32)31-21-11-5-4-9-18(21)15-22(31)26(36)37/h1-3,7-8,18-22H,4-6,9-16,28H2,(H,29,33)(H,30,38)(H,34,35)(H,36,37)/t18?,19-,20+,21?,22?/m0/s1. The maximum absolute atomic E-state index is 13.1. The van der Waals surface area contributed by atoms with E-state index in [9.17, 15) is 34.2 Å². The second-order valence-electron chi connectivity index (χ2n) is 10.1. The number of aliphatic carboxylic acids is 2. The van der Waals surface area contributed by atoms with Gasteiger partial charge in [0.15, 0.2) is 0 Å². The number of carboxylic acid groups (broad SMARTS) is 2. The van der Waals surface area contributed by atoms with Crippen LogP contribution in [0.15, 0.2) is 30.3 Å². The van der Waals surface area contributed by atoms with Crippen molar-refractivity contribution in [1.29, 1.82) is 0 Å². The Labute approximate surface area is 227 Å². The average Bonchev–Trinajstić information content (AvgIpc) is 3.32. The summed E-state index contributed by atoms with van der Waals surface area (Å²) >= 11 is 0. The van der Waals surface area contributed by atoms with Gasteiger partial charge in [-0.2, -0.15) is 0 Å². The highest BCUT2D eigenvalue weighted by molar-refractivity contribution is 5.90. The zero-order valence-electron chi connectivity index (χ0n) is 21.9. The lowest BCUT2D eigenvalue weighted by atomic mass is 9.84. The average molecular weight is 547 g/mol. The van der Waals surface area contributed by atoms with Crippen molar-refractivity contribution in [3.05, 3.63) is 35.9 Å². The summed E-state index contributed by atoms with van der Waals surface area (Å²) in [5.74, 6) is -3.44. The highest BCUT2D eigenvalue weighted by atomic mass is 16.5. The first-order chi connectivity index (χ1) is 18.7. The number of nitrogens with zero attached hydrogens (tertiary/aromatic N) is 1. The van der Waals surface area contributed by atoms with Gasteiger partial charge in [0.05, 0.1) is 0 Å². The fourth-order valence-electron chi connectivity index (χ4n) is 5.46. The third-order valence-corrected chi connectivity index (χ3v) is 7.44. The molecule has 2 fully saturated rings. The van der Waals surface area contributed by atoms with Gasteiger partial charge in [-0.05, 0) is 56.6 Å². The number of fused-ring (bicyclic) bond motifs is 1. The zero-order chi connectivity index (χ0) is 28.4. The lowest BCUT2D eigenvalue weighted by Gasteiger charge is -2.33. The van der Waals surface area contributed by atoms with Crippen molar-refractivity contribution in [3.8, 4) is 0 Å². The molecule has 0 spiro atoms. The molecule has 2 aliphatic rings. The molecule has 0 radical (unpaired) electrons. The van der Waals surface area contributed by atoms with Crippen LogP contribution in [-0.2, 0) is 30.5 Å². The van der Waals surface area contributed by atoms with Gasteiger partial charge in [-0.15, -0.1) is 0 Å². The van der Waals surface area contributed by atoms with Crippen molar-refractivity contribution in [2.75, 3.05) is 6.54 Å². The van der Waals surface area contributed by atoms with Crippen LogP contribution in [0, 0.1) is 5.92 Å². The van der Waals surface area contributed by atoms with Crippen LogP contribution < -0.4 is 16.4 Å². The molecule has 12 heteroatoms. The van der Waals surface area contributed by atoms with E-state index in [0.717, 1.165) is 31.2 Å². The number of carbonyl (C=O) groups is 5. The molecule has 1 aliphatic heterocycles. The SMILES string of the molecule is NCCC[C@H](NC(=O)OCc1ccccc1)C(=O)N[C@H](CCC(=O)N1C(C(=O)O)CC2CCCCC21)C(=O)O. The van der Waals surface area contributed by atoms with Crippen LogP contribution in [0.1, 0.15) is 63.4 Å². The Balaban J connectivity index is 1.58. The predicted octanol–water partition coefficient (Wildman–Crippen LogP) is 1.61. The largest absolute Gasteiger partial charge is 0.480 e. The van der Waals surface area contributed by atoms with Crippen LogP contribution >= 0.6 is 0 Å². The number of nitrogens with one attached hydrogen (secondary N) is 2. The van der Waals surface area contributed by atoms with Gasteiger partial charge in [-0.1, -0.05) is 43.2 Å². The predicted molar refractivity (Wildman–Crippen MR) is 139 cm³/mol. The van der Waals surface area contributed by atoms with Crippen molar-refractivity contribution in [2.45, 2.75) is 88.6 Å². The molecule has 1 aromatic rings. The van der Waals surface area contributed by atoms with Gasteiger partial charge >= 0.3 is 18.0 Å². The van der Waals surface area contributed by atoms with Gasteiger partial charge in [0.2, 0.25) is 11.8 Å². The molecule has 1 aromatic carbocycles. The highest BCUT2D eigenvalue weighted by Gasteiger charge is 2.47. The van der Waals surface area contributed by atoms with Crippen molar-refractivity contribution >= 4 is 29.8 Å². The van der Waals surface area contributed by atoms with Gasteiger partial charge in [0.25, 0.3) is 0 Å². The van der Waals surface area contributed by atoms with Gasteiger partial charge in [-0.3, -0.25) is 9.59 Å². The summed E-state index contributed by atoms with van der Waals surface area (Å²) in [5, 5.41) is 24.3. The molecule has 39 heavy (non-hydrogen) atoms. The van der Waals surface area contributed by atoms with E-state index in [0.29, 0.717) is 12.8 Å². The van der Waals surface area contributed by atoms with E-state index in [1.807, 2.05) is 6.07 Å². The Bertz CT molecular complexity index is 1020. The van der Waals surface area contributed by atoms with E-state index >= 15 is 0 Å². The number of likely N-dealkylation sites (tertiary alicyclic amines) is 1. The van der Waals surface area contributed by atoms with Crippen LogP contribution in [0.2, 0.25) is 0 Å². The van der Waals surface area contributed by atoms with Crippen LogP contribution in [0.4, 0.5) is 4.79 Å². The summed E-state index contributed by atoms with van der Waals surface area (Å²) in [4.78, 5) is 63.5. The molecular formula is C27H38N4O8. The Kier molecular flexibility index (Phi) is 11.1. The molecular weight excluding hydrogens is 508 g/mol. The normalized spacial score (nSPS) is 21.8. The molecule has 1 aliphatic carbocycles. The Morgan fingerprint density at radius 3 is 2.38 bits per heavy atom. The number of hydrogen-bond acceptors (Lipinski definition) is 7. The molecule has 0 aromatic heterocycles. The molecule has 1 saturated heterocycles. The second kappa shape index (κ2) is 14.5. The van der Waals surface area contributed by atoms with E-state index in [-0.39, 0.29) is 44.4 Å². The van der Waals surface area contributed by atoms with Gasteiger partial charge in [0.1, 0.15) is 24.7 Å². The first kappa shape index (κ1) is 29.9. The fraction of sp³-hybridized carbons (Fsp3) is 0.593. The minimum absolute atomic E-state index is 0.00650. The zero-order valence-corrected chi connectivity index (χ0v) is 21.9. The maximum atomic E-state index is 13.1. The minimum atomic E-state index is -1.41. The molecule has 3 amide bonds. The molecule has 214 valence electrons. The van der Waals surface area contributed by atoms with E-state index in [4.69, 9.17) is 10.5 Å². The van der Waals surface area contributed by atoms with E-state index in [1.165, 1.54) is 4.90 Å². The number of nitrogens with two attached hydrogens (primary N) is 1. The number of rotatable bonds is 13. The van der Waals surface area contributed by atoms with Gasteiger partial charge < -0.3 is 36.2 Å². The van der Waals surface area contributed by atoms with Crippen LogP contribution in [-0.4, -0.2) is 75.7 Å². The quantitative estimate of drug-likeness (QED) is 0.245. The van der Waals surface area contributed by atoms with Gasteiger partial charge in [-0.25, -0.2) is 14.4 Å². The number of ether oxygens (including phenoxy) is 1. The van der Waals surface area contributed by atoms with Gasteiger partial charge in [0, 0.05) is 12.5 Å². The molecule has 6 N–H and O–H groups in total. The first-order valence-electron chi connectivity index (χ1n) is 13.5. The van der Waals surface area contributed by atoms with Crippen molar-refractivity contribution < 1.29 is 38.9 Å². The highest BCUT2D eigenvalue weighted by Crippen LogP contribution is 2.40. The topological polar surface area (TPSA) is 188 Å². The summed E-state index contributed by atoms with van der Waals surface area (Å²) in [5.41, 5.74) is 6.32. The Morgan fingerprint density at radius 2 is 1.72 bits per heavy atom. The monoisotopic (exact) mass is 546 g/mol. The molecule has 0 bridgehead atoms. The molecule has 5 atom stereocenters. The number of carboxylic acids is 2. The van der Waals surface area contributed by atoms with Crippen molar-refractivity contribution in [1.82, 2.24) is 15.5 Å². The Hall–Kier alpha value is -3.67. The van der Waals surface area contributed by atoms with Crippen LogP contribution in [0.3, 0.4) is 0 Å². The third-order valence-electron chi connectivity index (χ3n) is 7.44. The summed E-state index contributed by atoms with van der Waals surface area (Å²) < 4.78 is 5.17. The number of alkyl carbamates (subject to hydrolysis) is 1. The maximum Gasteiger partial charge on any atom is 0.408 e. The number of carbonyl (C=O) groups excluding carboxylic acids is 3. The van der Waals surface area contributed by atoms with Crippen LogP contribution in [0.25, 0.3) is 0 Å². The summed E-state index contributed by atoms with van der Waals surface area (Å²) in [6.07, 6.45) is 3.18. The molecule has 12 nitrogen and oxygen atoms in total. The minimum Gasteiger partial charge on any atom is -0.480 e. The smallest absolute Gasteiger partial charge is 0.408 e. The number of hydrogen-bond donors (Lipinski definition) is 5. The fourth-order valence-corrected chi connectivity index (χ4v) is 5.46. The second-order valence-corrected chi connectivity index (χ2v) is 10.1. The van der Waals surface area contributed by atoms with E-state index < -0.39 is 48.0 Å². The van der Waals surface area contributed by atoms with E-state index in [1.54, 1.807) is 24.3 Å². The molecule has 1 saturated carbocycles. The Morgan fingerprint density at radius 1 is 1.00 bits per heavy atom. The lowest BCUT2D eigenvalue weighted by molar-refractivity contribution is -0.150. The molecule has 3 unspecified atom stereocenters. The summed E-state index contributed by atoms with van der Waals surface area (Å²) in [7, 11) is 0. The van der Waals surface area contributed by atoms with Crippen molar-refractivity contribution in [2.24, 2.45) is 11.7 Å². The lowest BCUT2D eigenvalue weighted by Crippen LogP contribution is -2.52. The summed E-state index contributed by atoms with van der Waals surface area (Å²) in [6, 6.07) is 5.40. The summed E-state index contributed by atoms with van der Waals surface area (Å²) in [6.45, 7) is 0.248. The molecule has 3 rings (SSSR count). The first-order valence-corrected chi connectivity index (χ1v) is 13.5.